The third-order valence-corrected chi connectivity index (χ3v) is 9.64. The number of nitrogens with one attached hydrogen (secondary N) is 1. The molecule has 2 aromatic carbocycles. The van der Waals surface area contributed by atoms with Crippen LogP contribution in [0, 0.1) is 0 Å². The number of amides is 3. The van der Waals surface area contributed by atoms with Crippen molar-refractivity contribution in [3.63, 3.8) is 0 Å². The van der Waals surface area contributed by atoms with Gasteiger partial charge in [-0.25, -0.2) is 12.7 Å². The minimum atomic E-state index is -4.22. The number of fused-ring (bicyclic) bond motifs is 1. The van der Waals surface area contributed by atoms with Gasteiger partial charge in [0.05, 0.1) is 18.8 Å². The van der Waals surface area contributed by atoms with Crippen molar-refractivity contribution in [3.8, 4) is 5.75 Å². The van der Waals surface area contributed by atoms with Gasteiger partial charge in [0.25, 0.3) is 15.9 Å². The minimum Gasteiger partial charge on any atom is -0.497 e. The molecule has 1 fully saturated rings. The second-order valence-corrected chi connectivity index (χ2v) is 12.3. The molecule has 0 unspecified atom stereocenters. The first kappa shape index (κ1) is 27.8. The minimum absolute atomic E-state index is 0.00618. The summed E-state index contributed by atoms with van der Waals surface area (Å²) in [5.74, 6) is -1.26. The summed E-state index contributed by atoms with van der Waals surface area (Å²) in [5.41, 5.74) is 0.711. The number of ether oxygens (including phenoxy) is 2. The number of nitrogens with zero attached hydrogens (tertiary/aromatic N) is 2. The number of carbonyl (C=O) groups excluding carboxylic acids is 3. The Balaban J connectivity index is 1.47. The van der Waals surface area contributed by atoms with E-state index in [9.17, 15) is 22.8 Å². The Morgan fingerprint density at radius 1 is 1.15 bits per heavy atom. The van der Waals surface area contributed by atoms with Gasteiger partial charge in [0.1, 0.15) is 23.2 Å². The molecule has 1 aromatic heterocycles. The van der Waals surface area contributed by atoms with Crippen LogP contribution in [0.4, 0.5) is 0 Å². The first-order chi connectivity index (χ1) is 19.3. The first-order valence-electron chi connectivity index (χ1n) is 12.8. The van der Waals surface area contributed by atoms with Gasteiger partial charge in [-0.05, 0) is 54.1 Å². The van der Waals surface area contributed by atoms with E-state index < -0.39 is 40.3 Å². The van der Waals surface area contributed by atoms with Crippen molar-refractivity contribution in [3.05, 3.63) is 82.0 Å². The Bertz CT molecular complexity index is 1480. The second kappa shape index (κ2) is 11.8. The maximum atomic E-state index is 14.0. The van der Waals surface area contributed by atoms with E-state index in [2.05, 4.69) is 5.32 Å². The molecule has 2 aliphatic rings. The van der Waals surface area contributed by atoms with Crippen LogP contribution in [-0.2, 0) is 30.9 Å². The van der Waals surface area contributed by atoms with Crippen LogP contribution in [0.3, 0.4) is 0 Å². The van der Waals surface area contributed by atoms with Crippen LogP contribution in [0.2, 0.25) is 0 Å². The highest BCUT2D eigenvalue weighted by Gasteiger charge is 2.43. The van der Waals surface area contributed by atoms with Crippen LogP contribution >= 0.6 is 11.3 Å². The molecule has 10 nitrogen and oxygen atoms in total. The van der Waals surface area contributed by atoms with Gasteiger partial charge < -0.3 is 19.7 Å². The molecule has 210 valence electrons. The Hall–Kier alpha value is -3.74. The number of thiophene rings is 1. The van der Waals surface area contributed by atoms with Crippen molar-refractivity contribution >= 4 is 39.1 Å². The fourth-order valence-corrected chi connectivity index (χ4v) is 7.19. The van der Waals surface area contributed by atoms with Crippen LogP contribution in [0.5, 0.6) is 5.75 Å². The Morgan fingerprint density at radius 2 is 1.93 bits per heavy atom. The summed E-state index contributed by atoms with van der Waals surface area (Å²) in [4.78, 5) is 42.5. The molecule has 0 radical (unpaired) electrons. The first-order valence-corrected chi connectivity index (χ1v) is 15.1. The van der Waals surface area contributed by atoms with Crippen LogP contribution in [0.15, 0.2) is 70.9 Å². The van der Waals surface area contributed by atoms with Crippen LogP contribution in [0.1, 0.15) is 39.7 Å². The highest BCUT2D eigenvalue weighted by molar-refractivity contribution is 7.90. The lowest BCUT2D eigenvalue weighted by molar-refractivity contribution is -0.141. The summed E-state index contributed by atoms with van der Waals surface area (Å²) in [6.45, 7) is 0.179. The SMILES string of the molecule is COc1ccc(CN(C(=O)CN2C(=O)c3ccccc3S2(=O)=O)[C@@H](C(=O)NC[C@@H]2CCCO2)c2cccs2)cc1. The Kier molecular flexibility index (Phi) is 8.19. The molecular weight excluding hydrogens is 554 g/mol. The normalized spacial score (nSPS) is 18.3. The summed E-state index contributed by atoms with van der Waals surface area (Å²) < 4.78 is 37.8. The molecule has 5 rings (SSSR count). The fourth-order valence-electron chi connectivity index (χ4n) is 4.84. The van der Waals surface area contributed by atoms with Gasteiger partial charge in [-0.3, -0.25) is 14.4 Å². The Morgan fingerprint density at radius 3 is 2.58 bits per heavy atom. The van der Waals surface area contributed by atoms with E-state index in [1.165, 1.54) is 34.4 Å². The van der Waals surface area contributed by atoms with Crippen molar-refractivity contribution in [2.24, 2.45) is 0 Å². The molecule has 0 bridgehead atoms. The van der Waals surface area contributed by atoms with Gasteiger partial charge in [-0.1, -0.05) is 30.3 Å². The number of sulfonamides is 1. The van der Waals surface area contributed by atoms with E-state index in [0.29, 0.717) is 33.6 Å². The zero-order valence-electron chi connectivity index (χ0n) is 21.8. The molecule has 0 saturated carbocycles. The maximum absolute atomic E-state index is 14.0. The molecule has 2 aliphatic heterocycles. The number of hydrogen-bond acceptors (Lipinski definition) is 8. The van der Waals surface area contributed by atoms with Gasteiger partial charge in [0.15, 0.2) is 0 Å². The quantitative estimate of drug-likeness (QED) is 0.389. The molecule has 3 heterocycles. The van der Waals surface area contributed by atoms with Crippen LogP contribution in [-0.4, -0.2) is 68.3 Å². The lowest BCUT2D eigenvalue weighted by Crippen LogP contribution is -2.48. The number of methoxy groups -OCH3 is 1. The van der Waals surface area contributed by atoms with E-state index in [1.807, 2.05) is 0 Å². The molecule has 12 heteroatoms. The fraction of sp³-hybridized carbons (Fsp3) is 0.321. The average molecular weight is 584 g/mol. The monoisotopic (exact) mass is 583 g/mol. The third kappa shape index (κ3) is 5.60. The van der Waals surface area contributed by atoms with Crippen molar-refractivity contribution in [2.75, 3.05) is 26.8 Å². The summed E-state index contributed by atoms with van der Waals surface area (Å²) in [6, 6.07) is 15.3. The molecular formula is C28H29N3O7S2. The number of benzene rings is 2. The van der Waals surface area contributed by atoms with Crippen LogP contribution < -0.4 is 10.1 Å². The summed E-state index contributed by atoms with van der Waals surface area (Å²) in [6.07, 6.45) is 1.63. The second-order valence-electron chi connectivity index (χ2n) is 9.48. The molecule has 40 heavy (non-hydrogen) atoms. The van der Waals surface area contributed by atoms with Crippen molar-refractivity contribution in [1.82, 2.24) is 14.5 Å². The van der Waals surface area contributed by atoms with Gasteiger partial charge in [-0.2, -0.15) is 0 Å². The van der Waals surface area contributed by atoms with E-state index in [4.69, 9.17) is 9.47 Å². The smallest absolute Gasteiger partial charge is 0.269 e. The van der Waals surface area contributed by atoms with E-state index in [0.717, 1.165) is 12.8 Å². The highest BCUT2D eigenvalue weighted by Crippen LogP contribution is 2.32. The maximum Gasteiger partial charge on any atom is 0.269 e. The standard InChI is InChI=1S/C28H29N3O7S2/c1-37-20-12-10-19(11-13-20)17-30(25(32)18-31-28(34)22-7-2-3-9-24(22)40(31,35)36)26(23-8-5-15-39-23)27(33)29-16-21-6-4-14-38-21/h2-3,5,7-13,15,21,26H,4,6,14,16-18H2,1H3,(H,29,33)/t21-,26+/m0/s1. The topological polar surface area (TPSA) is 122 Å². The van der Waals surface area contributed by atoms with E-state index in [1.54, 1.807) is 55.0 Å². The van der Waals surface area contributed by atoms with Crippen molar-refractivity contribution in [2.45, 2.75) is 36.4 Å². The summed E-state index contributed by atoms with van der Waals surface area (Å²) in [7, 11) is -2.68. The van der Waals surface area contributed by atoms with Gasteiger partial charge in [-0.15, -0.1) is 11.3 Å². The number of hydrogen-bond donors (Lipinski definition) is 1. The Labute approximate surface area is 236 Å². The van der Waals surface area contributed by atoms with Crippen molar-refractivity contribution in [1.29, 1.82) is 0 Å². The number of rotatable bonds is 10. The summed E-state index contributed by atoms with van der Waals surface area (Å²) in [5, 5.41) is 4.72. The zero-order chi connectivity index (χ0) is 28.3. The molecule has 0 aliphatic carbocycles. The molecule has 2 atom stereocenters. The highest BCUT2D eigenvalue weighted by atomic mass is 32.2. The van der Waals surface area contributed by atoms with Gasteiger partial charge in [0, 0.05) is 24.6 Å². The lowest BCUT2D eigenvalue weighted by atomic mass is 10.1. The van der Waals surface area contributed by atoms with Crippen LogP contribution in [0.25, 0.3) is 0 Å². The van der Waals surface area contributed by atoms with E-state index in [-0.39, 0.29) is 23.1 Å². The molecule has 0 spiro atoms. The predicted octanol–water partition coefficient (Wildman–Crippen LogP) is 2.97. The third-order valence-electron chi connectivity index (χ3n) is 6.92. The average Bonchev–Trinajstić information content (AvgIpc) is 3.72. The zero-order valence-corrected chi connectivity index (χ0v) is 23.4. The lowest BCUT2D eigenvalue weighted by Gasteiger charge is -2.32. The largest absolute Gasteiger partial charge is 0.497 e. The molecule has 1 saturated heterocycles. The summed E-state index contributed by atoms with van der Waals surface area (Å²) >= 11 is 1.31. The molecule has 3 amide bonds. The molecule has 1 N–H and O–H groups in total. The van der Waals surface area contributed by atoms with Gasteiger partial charge >= 0.3 is 0 Å². The number of carbonyl (C=O) groups is 3. The molecule has 3 aromatic rings. The van der Waals surface area contributed by atoms with Gasteiger partial charge in [0.2, 0.25) is 11.8 Å². The van der Waals surface area contributed by atoms with Crippen molar-refractivity contribution < 1.29 is 32.3 Å². The predicted molar refractivity (Wildman–Crippen MR) is 147 cm³/mol. The van der Waals surface area contributed by atoms with E-state index >= 15 is 0 Å².